The van der Waals surface area contributed by atoms with Gasteiger partial charge in [-0.05, 0) is 61.4 Å². The molecular formula is C24H37IN4O2. The van der Waals surface area contributed by atoms with E-state index < -0.39 is 0 Å². The molecule has 0 aliphatic heterocycles. The molecule has 7 heteroatoms. The molecular weight excluding hydrogens is 503 g/mol. The molecule has 0 aliphatic rings. The Morgan fingerprint density at radius 3 is 2.52 bits per heavy atom. The number of aliphatic imine (C=N–C) groups is 1. The van der Waals surface area contributed by atoms with Crippen molar-refractivity contribution in [2.24, 2.45) is 16.8 Å². The van der Waals surface area contributed by atoms with Crippen LogP contribution < -0.4 is 15.4 Å². The minimum absolute atomic E-state index is 0. The van der Waals surface area contributed by atoms with Gasteiger partial charge in [-0.1, -0.05) is 32.0 Å². The second-order valence-corrected chi connectivity index (χ2v) is 7.84. The van der Waals surface area contributed by atoms with Crippen LogP contribution in [0, 0.1) is 11.8 Å². The summed E-state index contributed by atoms with van der Waals surface area (Å²) in [5.74, 6) is 2.68. The molecule has 3 N–H and O–H groups in total. The van der Waals surface area contributed by atoms with E-state index in [2.05, 4.69) is 36.4 Å². The summed E-state index contributed by atoms with van der Waals surface area (Å²) in [7, 11) is 0. The van der Waals surface area contributed by atoms with Gasteiger partial charge in [-0.2, -0.15) is 0 Å². The number of guanidine groups is 1. The van der Waals surface area contributed by atoms with Gasteiger partial charge < -0.3 is 20.5 Å². The van der Waals surface area contributed by atoms with Crippen LogP contribution in [0.2, 0.25) is 0 Å². The lowest BCUT2D eigenvalue weighted by Gasteiger charge is -2.20. The number of nitrogens with zero attached hydrogens (tertiary/aromatic N) is 2. The Labute approximate surface area is 203 Å². The van der Waals surface area contributed by atoms with Crippen molar-refractivity contribution in [1.82, 2.24) is 15.6 Å². The average molecular weight is 540 g/mol. The number of ether oxygens (including phenoxy) is 1. The molecule has 0 fully saturated rings. The first kappa shape index (κ1) is 27.2. The van der Waals surface area contributed by atoms with E-state index in [1.54, 1.807) is 6.20 Å². The molecule has 2 rings (SSSR count). The number of rotatable bonds is 12. The first-order valence-electron chi connectivity index (χ1n) is 10.8. The maximum absolute atomic E-state index is 9.31. The Balaban J connectivity index is 0.00000480. The standard InChI is InChI=1S/C24H36N4O2.HI/c1-4-25-24(28-17-21(12-14-29)15-19(2)3)27-16-20-8-10-23(11-9-20)30-18-22-7-5-6-13-26-22;/h5-11,13,19,21,29H,4,12,14-18H2,1-3H3,(H2,25,27,28);1H. The molecule has 0 aliphatic carbocycles. The van der Waals surface area contributed by atoms with E-state index in [0.717, 1.165) is 48.9 Å². The molecule has 0 amide bonds. The number of hydrogen-bond donors (Lipinski definition) is 3. The predicted octanol–water partition coefficient (Wildman–Crippen LogP) is 4.38. The summed E-state index contributed by atoms with van der Waals surface area (Å²) in [6.45, 7) is 9.38. The van der Waals surface area contributed by atoms with Gasteiger partial charge in [-0.15, -0.1) is 24.0 Å². The molecule has 0 bridgehead atoms. The number of nitrogens with one attached hydrogen (secondary N) is 2. The van der Waals surface area contributed by atoms with Gasteiger partial charge in [-0.3, -0.25) is 4.98 Å². The number of hydrogen-bond acceptors (Lipinski definition) is 4. The molecule has 6 nitrogen and oxygen atoms in total. The molecule has 1 heterocycles. The summed E-state index contributed by atoms with van der Waals surface area (Å²) >= 11 is 0. The van der Waals surface area contributed by atoms with Gasteiger partial charge in [0.05, 0.1) is 12.2 Å². The lowest BCUT2D eigenvalue weighted by Crippen LogP contribution is -2.40. The van der Waals surface area contributed by atoms with Crippen molar-refractivity contribution in [3.63, 3.8) is 0 Å². The minimum Gasteiger partial charge on any atom is -0.487 e. The summed E-state index contributed by atoms with van der Waals surface area (Å²) in [5, 5.41) is 16.0. The Hall–Kier alpha value is -1.87. The first-order valence-corrected chi connectivity index (χ1v) is 10.8. The number of aliphatic hydroxyl groups is 1. The van der Waals surface area contributed by atoms with Crippen LogP contribution in [0.25, 0.3) is 0 Å². The van der Waals surface area contributed by atoms with Crippen LogP contribution in [0.3, 0.4) is 0 Å². The molecule has 2 aromatic rings. The Morgan fingerprint density at radius 2 is 1.90 bits per heavy atom. The highest BCUT2D eigenvalue weighted by atomic mass is 127. The molecule has 1 aromatic carbocycles. The number of aliphatic hydroxyl groups excluding tert-OH is 1. The van der Waals surface area contributed by atoms with E-state index >= 15 is 0 Å². The van der Waals surface area contributed by atoms with Crippen molar-refractivity contribution in [3.8, 4) is 5.75 Å². The van der Waals surface area contributed by atoms with Crippen LogP contribution in [0.15, 0.2) is 53.7 Å². The van der Waals surface area contributed by atoms with Gasteiger partial charge in [-0.25, -0.2) is 4.99 Å². The summed E-state index contributed by atoms with van der Waals surface area (Å²) in [4.78, 5) is 8.96. The topological polar surface area (TPSA) is 78.8 Å². The number of halogens is 1. The van der Waals surface area contributed by atoms with Gasteiger partial charge in [0.2, 0.25) is 0 Å². The van der Waals surface area contributed by atoms with Crippen molar-refractivity contribution in [1.29, 1.82) is 0 Å². The zero-order chi connectivity index (χ0) is 21.6. The first-order chi connectivity index (χ1) is 14.6. The van der Waals surface area contributed by atoms with E-state index in [9.17, 15) is 5.11 Å². The highest BCUT2D eigenvalue weighted by Crippen LogP contribution is 2.15. The van der Waals surface area contributed by atoms with Crippen LogP contribution in [-0.2, 0) is 13.2 Å². The average Bonchev–Trinajstić information content (AvgIpc) is 2.75. The normalized spacial score (nSPS) is 12.2. The summed E-state index contributed by atoms with van der Waals surface area (Å²) in [6, 6.07) is 13.8. The molecule has 1 unspecified atom stereocenters. The fraction of sp³-hybridized carbons (Fsp3) is 0.500. The smallest absolute Gasteiger partial charge is 0.191 e. The second-order valence-electron chi connectivity index (χ2n) is 7.84. The molecule has 1 atom stereocenters. The zero-order valence-corrected chi connectivity index (χ0v) is 21.2. The molecule has 0 radical (unpaired) electrons. The zero-order valence-electron chi connectivity index (χ0n) is 18.9. The minimum atomic E-state index is 0. The third-order valence-corrected chi connectivity index (χ3v) is 4.70. The summed E-state index contributed by atoms with van der Waals surface area (Å²) in [6.07, 6.45) is 3.67. The van der Waals surface area contributed by atoms with Gasteiger partial charge in [0, 0.05) is 25.9 Å². The lowest BCUT2D eigenvalue weighted by molar-refractivity contribution is 0.243. The van der Waals surface area contributed by atoms with Gasteiger partial charge in [0.25, 0.3) is 0 Å². The van der Waals surface area contributed by atoms with Crippen molar-refractivity contribution in [3.05, 3.63) is 59.9 Å². The molecule has 0 saturated heterocycles. The maximum atomic E-state index is 9.31. The van der Waals surface area contributed by atoms with Crippen molar-refractivity contribution >= 4 is 29.9 Å². The maximum Gasteiger partial charge on any atom is 0.191 e. The van der Waals surface area contributed by atoms with Gasteiger partial charge >= 0.3 is 0 Å². The monoisotopic (exact) mass is 540 g/mol. The molecule has 0 saturated carbocycles. The lowest BCUT2D eigenvalue weighted by atomic mass is 9.94. The Morgan fingerprint density at radius 1 is 1.13 bits per heavy atom. The van der Waals surface area contributed by atoms with Crippen molar-refractivity contribution in [2.45, 2.75) is 46.8 Å². The Bertz CT molecular complexity index is 739. The number of pyridine rings is 1. The molecule has 172 valence electrons. The number of benzene rings is 1. The summed E-state index contributed by atoms with van der Waals surface area (Å²) in [5.41, 5.74) is 2.02. The van der Waals surface area contributed by atoms with E-state index in [1.165, 1.54) is 0 Å². The van der Waals surface area contributed by atoms with Crippen LogP contribution in [0.4, 0.5) is 0 Å². The Kier molecular flexibility index (Phi) is 13.9. The van der Waals surface area contributed by atoms with E-state index in [-0.39, 0.29) is 30.6 Å². The molecule has 0 spiro atoms. The highest BCUT2D eigenvalue weighted by Gasteiger charge is 2.11. The van der Waals surface area contributed by atoms with E-state index in [1.807, 2.05) is 42.5 Å². The van der Waals surface area contributed by atoms with Crippen molar-refractivity contribution in [2.75, 3.05) is 19.7 Å². The summed E-state index contributed by atoms with van der Waals surface area (Å²) < 4.78 is 5.79. The molecule has 1 aromatic heterocycles. The highest BCUT2D eigenvalue weighted by molar-refractivity contribution is 14.0. The molecule has 31 heavy (non-hydrogen) atoms. The van der Waals surface area contributed by atoms with Crippen LogP contribution in [-0.4, -0.2) is 35.7 Å². The van der Waals surface area contributed by atoms with Crippen molar-refractivity contribution < 1.29 is 9.84 Å². The largest absolute Gasteiger partial charge is 0.487 e. The second kappa shape index (κ2) is 15.9. The van der Waals surface area contributed by atoms with Crippen LogP contribution >= 0.6 is 24.0 Å². The van der Waals surface area contributed by atoms with E-state index in [0.29, 0.717) is 25.0 Å². The third-order valence-electron chi connectivity index (χ3n) is 4.70. The quantitative estimate of drug-likeness (QED) is 0.212. The SMILES string of the molecule is CCNC(=NCc1ccc(OCc2ccccn2)cc1)NCC(CCO)CC(C)C.I. The fourth-order valence-electron chi connectivity index (χ4n) is 3.24. The number of aromatic nitrogens is 1. The fourth-order valence-corrected chi connectivity index (χ4v) is 3.24. The van der Waals surface area contributed by atoms with Gasteiger partial charge in [0.15, 0.2) is 5.96 Å². The van der Waals surface area contributed by atoms with E-state index in [4.69, 9.17) is 9.73 Å². The third kappa shape index (κ3) is 11.4. The van der Waals surface area contributed by atoms with Crippen LogP contribution in [0.5, 0.6) is 5.75 Å². The van der Waals surface area contributed by atoms with Crippen LogP contribution in [0.1, 0.15) is 44.9 Å². The van der Waals surface area contributed by atoms with Gasteiger partial charge in [0.1, 0.15) is 12.4 Å². The predicted molar refractivity (Wildman–Crippen MR) is 138 cm³/mol.